The average molecular weight is 843 g/mol. The first-order valence-corrected chi connectivity index (χ1v) is 21.9. The summed E-state index contributed by atoms with van der Waals surface area (Å²) in [5, 5.41) is 11.2. The summed E-state index contributed by atoms with van der Waals surface area (Å²) in [5.41, 5.74) is 0. The zero-order valence-corrected chi connectivity index (χ0v) is 36.3. The van der Waals surface area contributed by atoms with Crippen molar-refractivity contribution in [2.75, 3.05) is 48.8 Å². The molecule has 0 unspecified atom stereocenters. The van der Waals surface area contributed by atoms with Crippen molar-refractivity contribution in [2.24, 2.45) is 35.5 Å². The first-order chi connectivity index (χ1) is 28.3. The molecular formula is C43H70O16. The number of cyclic esters (lactones) is 2. The number of carbonyl (C=O) groups excluding carboxylic acids is 2. The van der Waals surface area contributed by atoms with Gasteiger partial charge in [0, 0.05) is 73.1 Å². The van der Waals surface area contributed by atoms with E-state index in [-0.39, 0.29) is 80.0 Å². The van der Waals surface area contributed by atoms with Crippen molar-refractivity contribution in [3.05, 3.63) is 0 Å². The van der Waals surface area contributed by atoms with Gasteiger partial charge < -0.3 is 66.7 Å². The monoisotopic (exact) mass is 842 g/mol. The molecule has 16 heteroatoms. The molecule has 4 bridgehead atoms. The van der Waals surface area contributed by atoms with Crippen molar-refractivity contribution in [2.45, 2.75) is 177 Å². The molecule has 2 aliphatic carbocycles. The van der Waals surface area contributed by atoms with Crippen LogP contribution in [0.5, 0.6) is 0 Å². The lowest BCUT2D eigenvalue weighted by atomic mass is 9.85. The highest BCUT2D eigenvalue weighted by Gasteiger charge is 2.51. The zero-order chi connectivity index (χ0) is 42.1. The molecule has 16 nitrogen and oxygen atoms in total. The van der Waals surface area contributed by atoms with Gasteiger partial charge in [-0.3, -0.25) is 9.59 Å². The van der Waals surface area contributed by atoms with Gasteiger partial charge in [0.1, 0.15) is 48.8 Å². The van der Waals surface area contributed by atoms with Crippen molar-refractivity contribution < 1.29 is 76.3 Å². The van der Waals surface area contributed by atoms with Crippen LogP contribution in [0.25, 0.3) is 0 Å². The number of aliphatic hydroxyl groups excluding tert-OH is 1. The second-order valence-electron chi connectivity index (χ2n) is 18.4. The summed E-state index contributed by atoms with van der Waals surface area (Å²) in [5.74, 6) is -0.0292. The molecule has 5 aliphatic heterocycles. The smallest absolute Gasteiger partial charge is 0.308 e. The molecule has 0 aromatic carbocycles. The third kappa shape index (κ3) is 10.5. The van der Waals surface area contributed by atoms with Gasteiger partial charge in [-0.1, -0.05) is 27.7 Å². The molecule has 1 N–H and O–H groups in total. The Morgan fingerprint density at radius 1 is 0.508 bits per heavy atom. The molecule has 7 fully saturated rings. The Morgan fingerprint density at radius 3 is 1.36 bits per heavy atom. The number of methoxy groups -OCH3 is 5. The Kier molecular flexibility index (Phi) is 15.3. The van der Waals surface area contributed by atoms with E-state index < -0.39 is 79.7 Å². The largest absolute Gasteiger partial charge is 0.462 e. The van der Waals surface area contributed by atoms with Gasteiger partial charge in [-0.05, 0) is 36.5 Å². The highest BCUT2D eigenvalue weighted by molar-refractivity contribution is 5.71. The average Bonchev–Trinajstić information content (AvgIpc) is 4.14. The van der Waals surface area contributed by atoms with Crippen molar-refractivity contribution in [3.63, 3.8) is 0 Å². The summed E-state index contributed by atoms with van der Waals surface area (Å²) in [4.78, 5) is 28.1. The minimum atomic E-state index is -1.10. The van der Waals surface area contributed by atoms with Crippen molar-refractivity contribution >= 4 is 11.9 Å². The molecule has 0 aromatic rings. The predicted molar refractivity (Wildman–Crippen MR) is 207 cm³/mol. The molecule has 5 saturated heterocycles. The van der Waals surface area contributed by atoms with E-state index in [4.69, 9.17) is 61.6 Å². The summed E-state index contributed by atoms with van der Waals surface area (Å²) in [6, 6.07) is 0. The normalized spacial score (nSPS) is 49.7. The van der Waals surface area contributed by atoms with Gasteiger partial charge in [-0.2, -0.15) is 0 Å². The standard InChI is InChI=1S/C43H70O16/c1-20-10-26(20)32-14-24-12-28(58-42-38(46)39(49-7)34(47-5)18-52-42)22(3)30(54-24)16-36(44)57-33(27-11-21(27)2)15-25-13-29(23(4)31(55-25)17-37(45)56-32)59-43-41(51-9)40(50-8)35(48-6)19-53-43/h20-35,38-43,46H,10-19H2,1-9H3/t20-,21-,22-,23-,24+,25+,26-,27-,28+,29+,30+,31+,32+,33+,34-,35-,38-,39+,40+,41-,42+,43+/m1/s1. The molecule has 5 heterocycles. The number of fused-ring (bicyclic) bond motifs is 4. The summed E-state index contributed by atoms with van der Waals surface area (Å²) in [6.07, 6.45) is -4.91. The first kappa shape index (κ1) is 45.5. The third-order valence-corrected chi connectivity index (χ3v) is 14.5. The quantitative estimate of drug-likeness (QED) is 0.300. The number of rotatable bonds is 11. The Morgan fingerprint density at radius 2 is 0.932 bits per heavy atom. The van der Waals surface area contributed by atoms with Crippen LogP contribution >= 0.6 is 0 Å². The number of esters is 2. The number of hydrogen-bond donors (Lipinski definition) is 1. The fourth-order valence-electron chi connectivity index (χ4n) is 10.4. The molecule has 22 atom stereocenters. The SMILES string of the molecule is CO[C@@H]1[C@@H](O)[C@H](O[C@H]2C[C@H]3C[C@@H]([C@@H]4C[C@H]4C)OC(=O)C[C@@H]4O[C@@H](C[C@H](O[C@@H]5OC[C@@H](OC)[C@H](OC)[C@H]5OC)[C@H]4C)C[C@@H]([C@@H]4C[C@H]4C)OC(=O)C[C@H](O3)[C@@H]2C)OC[C@H]1OC. The minimum Gasteiger partial charge on any atom is -0.462 e. The lowest BCUT2D eigenvalue weighted by Crippen LogP contribution is -2.58. The van der Waals surface area contributed by atoms with Gasteiger partial charge >= 0.3 is 11.9 Å². The summed E-state index contributed by atoms with van der Waals surface area (Å²) in [7, 11) is 7.91. The molecule has 338 valence electrons. The van der Waals surface area contributed by atoms with Crippen LogP contribution in [-0.4, -0.2) is 164 Å². The van der Waals surface area contributed by atoms with Crippen molar-refractivity contribution in [1.29, 1.82) is 0 Å². The van der Waals surface area contributed by atoms with E-state index in [0.29, 0.717) is 37.5 Å². The maximum absolute atomic E-state index is 14.1. The Hall–Kier alpha value is -1.54. The van der Waals surface area contributed by atoms with E-state index in [1.165, 1.54) is 7.11 Å². The zero-order valence-electron chi connectivity index (χ0n) is 36.3. The Balaban J connectivity index is 1.12. The van der Waals surface area contributed by atoms with Gasteiger partial charge in [-0.25, -0.2) is 0 Å². The van der Waals surface area contributed by atoms with Gasteiger partial charge in [-0.15, -0.1) is 0 Å². The first-order valence-electron chi connectivity index (χ1n) is 21.9. The molecule has 0 spiro atoms. The van der Waals surface area contributed by atoms with E-state index in [2.05, 4.69) is 13.8 Å². The van der Waals surface area contributed by atoms with Crippen LogP contribution in [0.2, 0.25) is 0 Å². The molecule has 2 saturated carbocycles. The number of aliphatic hydroxyl groups is 1. The van der Waals surface area contributed by atoms with E-state index in [1.807, 2.05) is 13.8 Å². The second-order valence-corrected chi connectivity index (χ2v) is 18.4. The fourth-order valence-corrected chi connectivity index (χ4v) is 10.4. The van der Waals surface area contributed by atoms with Crippen LogP contribution in [0, 0.1) is 35.5 Å². The van der Waals surface area contributed by atoms with E-state index >= 15 is 0 Å². The van der Waals surface area contributed by atoms with Crippen LogP contribution in [0.4, 0.5) is 0 Å². The number of hydrogen-bond acceptors (Lipinski definition) is 16. The highest BCUT2D eigenvalue weighted by Crippen LogP contribution is 2.47. The van der Waals surface area contributed by atoms with E-state index in [1.54, 1.807) is 28.4 Å². The fraction of sp³-hybridized carbons (Fsp3) is 0.953. The van der Waals surface area contributed by atoms with Gasteiger partial charge in [0.25, 0.3) is 0 Å². The topological polar surface area (TPSA) is 174 Å². The summed E-state index contributed by atoms with van der Waals surface area (Å²) >= 11 is 0. The van der Waals surface area contributed by atoms with Crippen LogP contribution in [0.1, 0.15) is 79.1 Å². The molecule has 7 aliphatic rings. The molecule has 7 rings (SSSR count). The van der Waals surface area contributed by atoms with Gasteiger partial charge in [0.2, 0.25) is 0 Å². The molecule has 59 heavy (non-hydrogen) atoms. The third-order valence-electron chi connectivity index (χ3n) is 14.5. The van der Waals surface area contributed by atoms with E-state index in [9.17, 15) is 14.7 Å². The lowest BCUT2D eigenvalue weighted by molar-refractivity contribution is -0.309. The van der Waals surface area contributed by atoms with Crippen molar-refractivity contribution in [1.82, 2.24) is 0 Å². The number of ether oxygens (including phenoxy) is 13. The van der Waals surface area contributed by atoms with Gasteiger partial charge in [0.15, 0.2) is 12.6 Å². The Labute approximate surface area is 349 Å². The second kappa shape index (κ2) is 19.9. The van der Waals surface area contributed by atoms with Crippen LogP contribution in [0.15, 0.2) is 0 Å². The maximum atomic E-state index is 14.1. The Bertz CT molecular complexity index is 1390. The summed E-state index contributed by atoms with van der Waals surface area (Å²) < 4.78 is 80.1. The van der Waals surface area contributed by atoms with Gasteiger partial charge in [0.05, 0.1) is 62.7 Å². The minimum absolute atomic E-state index is 0.0113. The number of carbonyl (C=O) groups is 2. The highest BCUT2D eigenvalue weighted by atomic mass is 16.7. The van der Waals surface area contributed by atoms with Crippen molar-refractivity contribution in [3.8, 4) is 0 Å². The maximum Gasteiger partial charge on any atom is 0.308 e. The molecular weight excluding hydrogens is 772 g/mol. The van der Waals surface area contributed by atoms with Crippen LogP contribution < -0.4 is 0 Å². The van der Waals surface area contributed by atoms with Crippen LogP contribution in [-0.2, 0) is 71.2 Å². The molecule has 0 amide bonds. The molecule has 0 radical (unpaired) electrons. The predicted octanol–water partition coefficient (Wildman–Crippen LogP) is 3.20. The summed E-state index contributed by atoms with van der Waals surface area (Å²) in [6.45, 7) is 8.80. The molecule has 0 aromatic heterocycles. The van der Waals surface area contributed by atoms with Crippen LogP contribution in [0.3, 0.4) is 0 Å². The van der Waals surface area contributed by atoms with E-state index in [0.717, 1.165) is 12.8 Å². The lowest BCUT2D eigenvalue weighted by Gasteiger charge is -2.46.